The molecule has 1 heterocycles. The number of aromatic nitrogens is 1. The molecule has 3 aromatic carbocycles. The van der Waals surface area contributed by atoms with Gasteiger partial charge >= 0.3 is 0 Å². The van der Waals surface area contributed by atoms with Gasteiger partial charge in [0.25, 0.3) is 0 Å². The number of nitrogens with two attached hydrogens (primary N) is 1. The van der Waals surface area contributed by atoms with Crippen LogP contribution in [-0.4, -0.2) is 10.5 Å². The molecule has 0 saturated carbocycles. The van der Waals surface area contributed by atoms with Crippen molar-refractivity contribution in [2.75, 3.05) is 0 Å². The quantitative estimate of drug-likeness (QED) is 0.495. The predicted octanol–water partition coefficient (Wildman–Crippen LogP) is 5.56. The van der Waals surface area contributed by atoms with E-state index in [1.165, 1.54) is 0 Å². The first-order chi connectivity index (χ1) is 12.5. The Bertz CT molecular complexity index is 1180. The molecule has 0 radical (unpaired) electrons. The van der Waals surface area contributed by atoms with Crippen molar-refractivity contribution < 1.29 is 4.79 Å². The Hall–Kier alpha value is -2.49. The molecule has 0 unspecified atom stereocenters. The lowest BCUT2D eigenvalue weighted by atomic mass is 10.1. The van der Waals surface area contributed by atoms with Crippen LogP contribution in [0.1, 0.15) is 21.5 Å². The summed E-state index contributed by atoms with van der Waals surface area (Å²) < 4.78 is 2.17. The average Bonchev–Trinajstić information content (AvgIpc) is 2.90. The van der Waals surface area contributed by atoms with Gasteiger partial charge in [0.2, 0.25) is 5.91 Å². The Balaban J connectivity index is 2.05. The molecular weight excluding hydrogens is 367 g/mol. The third kappa shape index (κ3) is 2.74. The van der Waals surface area contributed by atoms with Gasteiger partial charge < -0.3 is 10.3 Å². The summed E-state index contributed by atoms with van der Waals surface area (Å²) in [6.07, 6.45) is 0. The maximum atomic E-state index is 12.0. The Morgan fingerprint density at radius 2 is 1.85 bits per heavy atom. The number of hydrogen-bond donors (Lipinski definition) is 1. The Kier molecular flexibility index (Phi) is 4.14. The van der Waals surface area contributed by atoms with Crippen LogP contribution < -0.4 is 5.73 Å². The number of benzene rings is 3. The standard InChI is InChI=1S/C21H16Cl2N2O/c1-12-5-8-15-19(9-12)25(11-13-6-7-14(22)10-17(13)23)18-4-2-3-16(20(15)18)21(24)26/h2-10H,11H2,1H3,(H2,24,26). The molecule has 3 nitrogen and oxygen atoms in total. The molecule has 1 amide bonds. The molecule has 1 aromatic heterocycles. The minimum atomic E-state index is -0.431. The van der Waals surface area contributed by atoms with Crippen LogP contribution in [0.25, 0.3) is 21.8 Å². The molecule has 0 aliphatic rings. The molecule has 0 bridgehead atoms. The van der Waals surface area contributed by atoms with Crippen molar-refractivity contribution in [1.82, 2.24) is 4.57 Å². The van der Waals surface area contributed by atoms with Gasteiger partial charge in [-0.15, -0.1) is 0 Å². The second kappa shape index (κ2) is 6.35. The zero-order valence-corrected chi connectivity index (χ0v) is 15.6. The van der Waals surface area contributed by atoms with Gasteiger partial charge in [-0.1, -0.05) is 47.5 Å². The molecule has 0 fully saturated rings. The van der Waals surface area contributed by atoms with Gasteiger partial charge in [-0.25, -0.2) is 0 Å². The molecular formula is C21H16Cl2N2O. The highest BCUT2D eigenvalue weighted by Gasteiger charge is 2.17. The molecule has 2 N–H and O–H groups in total. The fraction of sp³-hybridized carbons (Fsp3) is 0.0952. The summed E-state index contributed by atoms with van der Waals surface area (Å²) in [5.41, 5.74) is 10.2. The molecule has 4 aromatic rings. The van der Waals surface area contributed by atoms with Gasteiger partial charge in [0.1, 0.15) is 0 Å². The van der Waals surface area contributed by atoms with Crippen molar-refractivity contribution in [2.24, 2.45) is 5.73 Å². The number of halogens is 2. The number of carbonyl (C=O) groups excluding carboxylic acids is 1. The fourth-order valence-electron chi connectivity index (χ4n) is 3.45. The normalized spacial score (nSPS) is 11.3. The van der Waals surface area contributed by atoms with Gasteiger partial charge in [0.15, 0.2) is 0 Å². The van der Waals surface area contributed by atoms with Crippen LogP contribution in [0.4, 0.5) is 0 Å². The minimum Gasteiger partial charge on any atom is -0.366 e. The van der Waals surface area contributed by atoms with E-state index in [4.69, 9.17) is 28.9 Å². The smallest absolute Gasteiger partial charge is 0.249 e. The van der Waals surface area contributed by atoms with Crippen LogP contribution >= 0.6 is 23.2 Å². The van der Waals surface area contributed by atoms with Crippen LogP contribution in [0.2, 0.25) is 10.0 Å². The highest BCUT2D eigenvalue weighted by atomic mass is 35.5. The third-order valence-corrected chi connectivity index (χ3v) is 5.24. The molecule has 0 spiro atoms. The summed E-state index contributed by atoms with van der Waals surface area (Å²) in [6, 6.07) is 17.3. The van der Waals surface area contributed by atoms with Crippen LogP contribution in [0, 0.1) is 6.92 Å². The van der Waals surface area contributed by atoms with Gasteiger partial charge in [-0.3, -0.25) is 4.79 Å². The second-order valence-corrected chi connectivity index (χ2v) is 7.25. The number of primary amides is 1. The lowest BCUT2D eigenvalue weighted by Gasteiger charge is -2.10. The van der Waals surface area contributed by atoms with Crippen molar-refractivity contribution in [3.8, 4) is 0 Å². The summed E-state index contributed by atoms with van der Waals surface area (Å²) in [7, 11) is 0. The summed E-state index contributed by atoms with van der Waals surface area (Å²) in [4.78, 5) is 12.0. The van der Waals surface area contributed by atoms with Crippen molar-refractivity contribution in [1.29, 1.82) is 0 Å². The van der Waals surface area contributed by atoms with Crippen molar-refractivity contribution in [3.63, 3.8) is 0 Å². The second-order valence-electron chi connectivity index (χ2n) is 6.41. The first-order valence-corrected chi connectivity index (χ1v) is 8.96. The zero-order chi connectivity index (χ0) is 18.4. The van der Waals surface area contributed by atoms with Crippen molar-refractivity contribution in [3.05, 3.63) is 81.3 Å². The number of fused-ring (bicyclic) bond motifs is 3. The molecule has 0 atom stereocenters. The molecule has 0 saturated heterocycles. The van der Waals surface area contributed by atoms with E-state index in [1.807, 2.05) is 43.3 Å². The van der Waals surface area contributed by atoms with Gasteiger partial charge in [0.05, 0.1) is 5.52 Å². The number of hydrogen-bond acceptors (Lipinski definition) is 1. The number of aryl methyl sites for hydroxylation is 1. The maximum Gasteiger partial charge on any atom is 0.249 e. The molecule has 5 heteroatoms. The van der Waals surface area contributed by atoms with E-state index >= 15 is 0 Å². The predicted molar refractivity (Wildman–Crippen MR) is 108 cm³/mol. The number of rotatable bonds is 3. The highest BCUT2D eigenvalue weighted by molar-refractivity contribution is 6.35. The van der Waals surface area contributed by atoms with Crippen molar-refractivity contribution in [2.45, 2.75) is 13.5 Å². The largest absolute Gasteiger partial charge is 0.366 e. The first kappa shape index (κ1) is 17.0. The molecule has 0 aliphatic heterocycles. The van der Waals surface area contributed by atoms with E-state index in [1.54, 1.807) is 12.1 Å². The lowest BCUT2D eigenvalue weighted by molar-refractivity contribution is 0.100. The topological polar surface area (TPSA) is 48.0 Å². The van der Waals surface area contributed by atoms with Crippen LogP contribution in [-0.2, 0) is 6.54 Å². The van der Waals surface area contributed by atoms with Crippen molar-refractivity contribution >= 4 is 50.9 Å². The van der Waals surface area contributed by atoms with Crippen LogP contribution in [0.3, 0.4) is 0 Å². The Morgan fingerprint density at radius 1 is 1.04 bits per heavy atom. The summed E-state index contributed by atoms with van der Waals surface area (Å²) in [6.45, 7) is 2.62. The summed E-state index contributed by atoms with van der Waals surface area (Å²) >= 11 is 12.4. The first-order valence-electron chi connectivity index (χ1n) is 8.21. The van der Waals surface area contributed by atoms with E-state index in [0.717, 1.165) is 32.9 Å². The summed E-state index contributed by atoms with van der Waals surface area (Å²) in [5, 5.41) is 3.10. The van der Waals surface area contributed by atoms with E-state index in [9.17, 15) is 4.79 Å². The average molecular weight is 383 g/mol. The Labute approximate surface area is 160 Å². The maximum absolute atomic E-state index is 12.0. The van der Waals surface area contributed by atoms with Gasteiger partial charge in [-0.05, 0) is 48.4 Å². The fourth-order valence-corrected chi connectivity index (χ4v) is 3.92. The molecule has 130 valence electrons. The molecule has 0 aliphatic carbocycles. The molecule has 4 rings (SSSR count). The highest BCUT2D eigenvalue weighted by Crippen LogP contribution is 2.34. The number of carbonyl (C=O) groups is 1. The monoisotopic (exact) mass is 382 g/mol. The van der Waals surface area contributed by atoms with Gasteiger partial charge in [0, 0.05) is 38.4 Å². The van der Waals surface area contributed by atoms with E-state index in [0.29, 0.717) is 22.2 Å². The summed E-state index contributed by atoms with van der Waals surface area (Å²) in [5.74, 6) is -0.431. The third-order valence-electron chi connectivity index (χ3n) is 4.66. The van der Waals surface area contributed by atoms with E-state index in [-0.39, 0.29) is 0 Å². The minimum absolute atomic E-state index is 0.431. The molecule has 26 heavy (non-hydrogen) atoms. The number of nitrogens with zero attached hydrogens (tertiary/aromatic N) is 1. The van der Waals surface area contributed by atoms with Gasteiger partial charge in [-0.2, -0.15) is 0 Å². The number of amides is 1. The lowest BCUT2D eigenvalue weighted by Crippen LogP contribution is -2.11. The zero-order valence-electron chi connectivity index (χ0n) is 14.1. The Morgan fingerprint density at radius 3 is 2.58 bits per heavy atom. The van der Waals surface area contributed by atoms with Crippen LogP contribution in [0.5, 0.6) is 0 Å². The SMILES string of the molecule is Cc1ccc2c3c(C(N)=O)cccc3n(Cc3ccc(Cl)cc3Cl)c2c1. The van der Waals surface area contributed by atoms with E-state index in [2.05, 4.69) is 10.6 Å². The van der Waals surface area contributed by atoms with Crippen LogP contribution in [0.15, 0.2) is 54.6 Å². The van der Waals surface area contributed by atoms with E-state index < -0.39 is 5.91 Å².